The fraction of sp³-hybridized carbons (Fsp3) is 0.391. The van der Waals surface area contributed by atoms with Gasteiger partial charge in [-0.2, -0.15) is 0 Å². The molecule has 1 fully saturated rings. The van der Waals surface area contributed by atoms with Crippen LogP contribution in [0.1, 0.15) is 43.8 Å². The lowest BCUT2D eigenvalue weighted by Crippen LogP contribution is -2.23. The summed E-state index contributed by atoms with van der Waals surface area (Å²) in [5.41, 5.74) is 4.41. The molecule has 0 radical (unpaired) electrons. The summed E-state index contributed by atoms with van der Waals surface area (Å²) >= 11 is 0. The van der Waals surface area contributed by atoms with Gasteiger partial charge >= 0.3 is 0 Å². The lowest BCUT2D eigenvalue weighted by molar-refractivity contribution is 0.240. The first-order chi connectivity index (χ1) is 13.3. The van der Waals surface area contributed by atoms with E-state index in [2.05, 4.69) is 58.5 Å². The first-order valence-electron chi connectivity index (χ1n) is 10.2. The molecule has 1 aliphatic carbocycles. The summed E-state index contributed by atoms with van der Waals surface area (Å²) in [5.74, 6) is 3.57. The van der Waals surface area contributed by atoms with Gasteiger partial charge in [-0.3, -0.25) is 0 Å². The van der Waals surface area contributed by atoms with Gasteiger partial charge in [0.2, 0.25) is 0 Å². The third-order valence-corrected chi connectivity index (χ3v) is 6.10. The van der Waals surface area contributed by atoms with Gasteiger partial charge in [0.05, 0.1) is 22.1 Å². The lowest BCUT2D eigenvalue weighted by atomic mass is 9.77. The van der Waals surface area contributed by atoms with Crippen LogP contribution in [0.15, 0.2) is 48.5 Å². The summed E-state index contributed by atoms with van der Waals surface area (Å²) in [7, 11) is 0. The Labute approximate surface area is 159 Å². The number of imidazole rings is 2. The third kappa shape index (κ3) is 3.48. The topological polar surface area (TPSA) is 57.4 Å². The predicted molar refractivity (Wildman–Crippen MR) is 110 cm³/mol. The maximum absolute atomic E-state index is 4.85. The van der Waals surface area contributed by atoms with Crippen molar-refractivity contribution in [1.82, 2.24) is 19.9 Å². The average Bonchev–Trinajstić information content (AvgIpc) is 3.30. The van der Waals surface area contributed by atoms with Gasteiger partial charge in [-0.05, 0) is 36.1 Å². The van der Waals surface area contributed by atoms with E-state index < -0.39 is 0 Å². The normalized spacial score (nSPS) is 15.9. The second-order valence-corrected chi connectivity index (χ2v) is 7.97. The number of hydrogen-bond donors (Lipinski definition) is 2. The number of aromatic amines is 2. The van der Waals surface area contributed by atoms with E-state index in [1.165, 1.54) is 32.1 Å². The van der Waals surface area contributed by atoms with E-state index in [0.29, 0.717) is 5.92 Å². The molecule has 0 amide bonds. The highest BCUT2D eigenvalue weighted by Gasteiger charge is 2.26. The fourth-order valence-corrected chi connectivity index (χ4v) is 4.71. The van der Waals surface area contributed by atoms with Crippen molar-refractivity contribution in [2.24, 2.45) is 11.8 Å². The highest BCUT2D eigenvalue weighted by atomic mass is 14.9. The quantitative estimate of drug-likeness (QED) is 0.500. The number of nitrogens with zero attached hydrogens (tertiary/aromatic N) is 2. The smallest absolute Gasteiger partial charge is 0.107 e. The Morgan fingerprint density at radius 2 is 1.26 bits per heavy atom. The molecule has 27 heavy (non-hydrogen) atoms. The van der Waals surface area contributed by atoms with Crippen molar-refractivity contribution in [3.05, 3.63) is 60.2 Å². The van der Waals surface area contributed by atoms with Crippen LogP contribution >= 0.6 is 0 Å². The first kappa shape index (κ1) is 16.5. The number of nitrogens with one attached hydrogen (secondary N) is 2. The molecule has 2 aromatic carbocycles. The predicted octanol–water partition coefficient (Wildman–Crippen LogP) is 5.42. The molecule has 4 aromatic rings. The van der Waals surface area contributed by atoms with Crippen molar-refractivity contribution < 1.29 is 0 Å². The van der Waals surface area contributed by atoms with Crippen molar-refractivity contribution >= 4 is 22.1 Å². The van der Waals surface area contributed by atoms with Crippen molar-refractivity contribution in [3.8, 4) is 0 Å². The molecular weight excluding hydrogens is 332 g/mol. The Balaban J connectivity index is 1.42. The minimum absolute atomic E-state index is 0.575. The monoisotopic (exact) mass is 358 g/mol. The van der Waals surface area contributed by atoms with Gasteiger partial charge in [0.15, 0.2) is 0 Å². The van der Waals surface area contributed by atoms with E-state index in [1.54, 1.807) is 0 Å². The van der Waals surface area contributed by atoms with Crippen molar-refractivity contribution in [1.29, 1.82) is 0 Å². The maximum Gasteiger partial charge on any atom is 0.107 e. The summed E-state index contributed by atoms with van der Waals surface area (Å²) in [6.07, 6.45) is 8.78. The summed E-state index contributed by atoms with van der Waals surface area (Å²) in [6.45, 7) is 0. The number of rotatable bonds is 5. The van der Waals surface area contributed by atoms with Gasteiger partial charge in [-0.25, -0.2) is 9.97 Å². The molecule has 2 heterocycles. The van der Waals surface area contributed by atoms with E-state index in [9.17, 15) is 0 Å². The van der Waals surface area contributed by atoms with Crippen molar-refractivity contribution in [2.45, 2.75) is 44.9 Å². The third-order valence-electron chi connectivity index (χ3n) is 6.10. The van der Waals surface area contributed by atoms with Crippen LogP contribution in [-0.4, -0.2) is 19.9 Å². The van der Waals surface area contributed by atoms with Crippen LogP contribution < -0.4 is 0 Å². The van der Waals surface area contributed by atoms with E-state index in [1.807, 2.05) is 0 Å². The number of H-pyrrole nitrogens is 2. The Kier molecular flexibility index (Phi) is 4.40. The van der Waals surface area contributed by atoms with Gasteiger partial charge in [0.1, 0.15) is 11.6 Å². The molecule has 2 N–H and O–H groups in total. The second-order valence-electron chi connectivity index (χ2n) is 7.97. The van der Waals surface area contributed by atoms with Gasteiger partial charge < -0.3 is 9.97 Å². The van der Waals surface area contributed by atoms with Gasteiger partial charge in [0, 0.05) is 12.8 Å². The Morgan fingerprint density at radius 1 is 0.741 bits per heavy atom. The van der Waals surface area contributed by atoms with Crippen LogP contribution in [0.3, 0.4) is 0 Å². The van der Waals surface area contributed by atoms with E-state index >= 15 is 0 Å². The maximum atomic E-state index is 4.85. The first-order valence-corrected chi connectivity index (χ1v) is 10.2. The average molecular weight is 358 g/mol. The van der Waals surface area contributed by atoms with Crippen LogP contribution in [-0.2, 0) is 12.8 Å². The lowest BCUT2D eigenvalue weighted by Gasteiger charge is -2.29. The number of para-hydroxylation sites is 4. The molecule has 0 unspecified atom stereocenters. The van der Waals surface area contributed by atoms with Crippen molar-refractivity contribution in [2.75, 3.05) is 0 Å². The summed E-state index contributed by atoms with van der Waals surface area (Å²) in [5, 5.41) is 0. The number of benzene rings is 2. The van der Waals surface area contributed by atoms with E-state index in [4.69, 9.17) is 9.97 Å². The van der Waals surface area contributed by atoms with Gasteiger partial charge in [-0.1, -0.05) is 56.4 Å². The standard InChI is InChI=1S/C23H26N4/c1-2-8-16(9-3-1)17(14-22-24-18-10-4-5-11-19(18)25-22)15-23-26-20-12-6-7-13-21(20)27-23/h4-7,10-13,16-17H,1-3,8-9,14-15H2,(H,24,25)(H,26,27). The zero-order valence-electron chi connectivity index (χ0n) is 15.6. The van der Waals surface area contributed by atoms with Crippen LogP contribution in [0, 0.1) is 11.8 Å². The molecule has 0 aliphatic heterocycles. The second kappa shape index (κ2) is 7.18. The Hall–Kier alpha value is -2.62. The zero-order chi connectivity index (χ0) is 18.1. The number of fused-ring (bicyclic) bond motifs is 2. The SMILES string of the molecule is c1ccc2[nH]c(CC(Cc3nc4ccccc4[nH]3)C3CCCCC3)nc2c1. The molecular formula is C23H26N4. The minimum Gasteiger partial charge on any atom is -0.342 e. The molecule has 0 saturated heterocycles. The number of hydrogen-bond acceptors (Lipinski definition) is 2. The number of aromatic nitrogens is 4. The van der Waals surface area contributed by atoms with Gasteiger partial charge in [0.25, 0.3) is 0 Å². The van der Waals surface area contributed by atoms with Crippen LogP contribution in [0.2, 0.25) is 0 Å². The summed E-state index contributed by atoms with van der Waals surface area (Å²) in [4.78, 5) is 16.8. The molecule has 0 atom stereocenters. The van der Waals surface area contributed by atoms with Crippen LogP contribution in [0.4, 0.5) is 0 Å². The molecule has 4 heteroatoms. The summed E-state index contributed by atoms with van der Waals surface area (Å²) in [6, 6.07) is 16.6. The highest BCUT2D eigenvalue weighted by molar-refractivity contribution is 5.75. The molecule has 0 bridgehead atoms. The molecule has 1 aliphatic rings. The molecule has 138 valence electrons. The largest absolute Gasteiger partial charge is 0.342 e. The van der Waals surface area contributed by atoms with Gasteiger partial charge in [-0.15, -0.1) is 0 Å². The fourth-order valence-electron chi connectivity index (χ4n) is 4.71. The Bertz CT molecular complexity index is 897. The van der Waals surface area contributed by atoms with E-state index in [0.717, 1.165) is 52.5 Å². The Morgan fingerprint density at radius 3 is 1.78 bits per heavy atom. The molecule has 0 spiro atoms. The molecule has 2 aromatic heterocycles. The zero-order valence-corrected chi connectivity index (χ0v) is 15.6. The molecule has 4 nitrogen and oxygen atoms in total. The van der Waals surface area contributed by atoms with Crippen LogP contribution in [0.5, 0.6) is 0 Å². The molecule has 1 saturated carbocycles. The minimum atomic E-state index is 0.575. The van der Waals surface area contributed by atoms with Crippen molar-refractivity contribution in [3.63, 3.8) is 0 Å². The highest BCUT2D eigenvalue weighted by Crippen LogP contribution is 2.34. The molecule has 5 rings (SSSR count). The van der Waals surface area contributed by atoms with Crippen LogP contribution in [0.25, 0.3) is 22.1 Å². The summed E-state index contributed by atoms with van der Waals surface area (Å²) < 4.78 is 0. The van der Waals surface area contributed by atoms with E-state index in [-0.39, 0.29) is 0 Å².